The molecule has 0 aliphatic heterocycles. The number of nitrogens with zero attached hydrogens (tertiary/aromatic N) is 2. The first kappa shape index (κ1) is 13.2. The average Bonchev–Trinajstić information content (AvgIpc) is 2.16. The van der Waals surface area contributed by atoms with E-state index in [0.717, 1.165) is 12.6 Å². The SMILES string of the molecule is CCCP(=O)(CCC#N)CCCC#N. The van der Waals surface area contributed by atoms with Crippen molar-refractivity contribution in [1.82, 2.24) is 0 Å². The maximum absolute atomic E-state index is 12.2. The van der Waals surface area contributed by atoms with E-state index in [1.165, 1.54) is 0 Å². The fourth-order valence-corrected chi connectivity index (χ4v) is 4.17. The van der Waals surface area contributed by atoms with Crippen LogP contribution in [0.15, 0.2) is 0 Å². The molecule has 0 heterocycles. The highest BCUT2D eigenvalue weighted by Crippen LogP contribution is 2.47. The fourth-order valence-electron chi connectivity index (χ4n) is 1.44. The van der Waals surface area contributed by atoms with Gasteiger partial charge in [-0.2, -0.15) is 10.5 Å². The second kappa shape index (κ2) is 7.60. The summed E-state index contributed by atoms with van der Waals surface area (Å²) < 4.78 is 12.2. The second-order valence-electron chi connectivity index (χ2n) is 3.40. The summed E-state index contributed by atoms with van der Waals surface area (Å²) in [6, 6.07) is 4.09. The molecule has 0 amide bonds. The van der Waals surface area contributed by atoms with Crippen LogP contribution in [0, 0.1) is 22.7 Å². The van der Waals surface area contributed by atoms with Crippen molar-refractivity contribution in [3.05, 3.63) is 0 Å². The molecule has 0 aromatic carbocycles. The molecule has 4 heteroatoms. The van der Waals surface area contributed by atoms with Gasteiger partial charge in [-0.25, -0.2) is 0 Å². The zero-order valence-corrected chi connectivity index (χ0v) is 9.59. The molecule has 0 radical (unpaired) electrons. The lowest BCUT2D eigenvalue weighted by atomic mass is 10.4. The summed E-state index contributed by atoms with van der Waals surface area (Å²) in [7, 11) is -2.14. The van der Waals surface area contributed by atoms with Crippen LogP contribution in [0.3, 0.4) is 0 Å². The van der Waals surface area contributed by atoms with Crippen molar-refractivity contribution in [2.45, 2.75) is 32.6 Å². The minimum atomic E-state index is -2.14. The Bertz CT molecular complexity index is 275. The van der Waals surface area contributed by atoms with Gasteiger partial charge < -0.3 is 4.57 Å². The Morgan fingerprint density at radius 1 is 1.07 bits per heavy atom. The van der Waals surface area contributed by atoms with Crippen LogP contribution in [0.2, 0.25) is 0 Å². The first-order valence-corrected chi connectivity index (χ1v) is 7.26. The van der Waals surface area contributed by atoms with Gasteiger partial charge in [0.2, 0.25) is 0 Å². The van der Waals surface area contributed by atoms with Crippen LogP contribution in [-0.2, 0) is 4.57 Å². The number of nitriles is 2. The van der Waals surface area contributed by atoms with E-state index < -0.39 is 7.14 Å². The molecule has 0 spiro atoms. The summed E-state index contributed by atoms with van der Waals surface area (Å²) in [6.45, 7) is 2.00. The monoisotopic (exact) mass is 212 g/mol. The third kappa shape index (κ3) is 5.79. The molecular formula is C10H17N2OP. The van der Waals surface area contributed by atoms with E-state index in [0.29, 0.717) is 31.6 Å². The summed E-state index contributed by atoms with van der Waals surface area (Å²) in [5.74, 6) is 0. The third-order valence-corrected chi connectivity index (χ3v) is 5.55. The zero-order chi connectivity index (χ0) is 10.9. The van der Waals surface area contributed by atoms with Gasteiger partial charge in [-0.1, -0.05) is 6.92 Å². The summed E-state index contributed by atoms with van der Waals surface area (Å²) >= 11 is 0. The van der Waals surface area contributed by atoms with Gasteiger partial charge in [0.05, 0.1) is 19.3 Å². The number of unbranched alkanes of at least 4 members (excludes halogenated alkanes) is 1. The van der Waals surface area contributed by atoms with Crippen molar-refractivity contribution in [2.24, 2.45) is 0 Å². The summed E-state index contributed by atoms with van der Waals surface area (Å²) in [5.41, 5.74) is 0. The van der Waals surface area contributed by atoms with E-state index in [9.17, 15) is 4.57 Å². The van der Waals surface area contributed by atoms with E-state index in [4.69, 9.17) is 10.5 Å². The third-order valence-electron chi connectivity index (χ3n) is 2.12. The lowest BCUT2D eigenvalue weighted by molar-refractivity contribution is 0.571. The van der Waals surface area contributed by atoms with E-state index >= 15 is 0 Å². The molecule has 0 aliphatic carbocycles. The van der Waals surface area contributed by atoms with Crippen molar-refractivity contribution in [3.63, 3.8) is 0 Å². The molecule has 0 saturated carbocycles. The van der Waals surface area contributed by atoms with Crippen LogP contribution in [0.1, 0.15) is 32.6 Å². The van der Waals surface area contributed by atoms with Crippen molar-refractivity contribution in [3.8, 4) is 12.1 Å². The van der Waals surface area contributed by atoms with Gasteiger partial charge in [0, 0.05) is 31.3 Å². The van der Waals surface area contributed by atoms with Crippen LogP contribution in [0.5, 0.6) is 0 Å². The Morgan fingerprint density at radius 3 is 2.21 bits per heavy atom. The minimum absolute atomic E-state index is 0.379. The van der Waals surface area contributed by atoms with Gasteiger partial charge in [0.15, 0.2) is 0 Å². The Morgan fingerprint density at radius 2 is 1.71 bits per heavy atom. The van der Waals surface area contributed by atoms with Crippen molar-refractivity contribution in [2.75, 3.05) is 18.5 Å². The Balaban J connectivity index is 4.05. The molecule has 14 heavy (non-hydrogen) atoms. The smallest absolute Gasteiger partial charge is 0.0887 e. The molecule has 0 aromatic heterocycles. The summed E-state index contributed by atoms with van der Waals surface area (Å²) in [6.07, 6.45) is 4.34. The van der Waals surface area contributed by atoms with Gasteiger partial charge in [0.1, 0.15) is 0 Å². The molecule has 0 aromatic rings. The van der Waals surface area contributed by atoms with Crippen LogP contribution in [0.25, 0.3) is 0 Å². The number of hydrogen-bond donors (Lipinski definition) is 0. The standard InChI is InChI=1S/C10H17N2OP/c1-2-8-14(13,10-5-7-12)9-4-3-6-11/h2-5,8-10H2,1H3. The topological polar surface area (TPSA) is 64.7 Å². The number of rotatable bonds is 7. The van der Waals surface area contributed by atoms with E-state index in [-0.39, 0.29) is 0 Å². The summed E-state index contributed by atoms with van der Waals surface area (Å²) in [4.78, 5) is 0. The lowest BCUT2D eigenvalue weighted by Crippen LogP contribution is -1.99. The molecule has 0 fully saturated rings. The molecule has 0 N–H and O–H groups in total. The highest BCUT2D eigenvalue weighted by atomic mass is 31.2. The van der Waals surface area contributed by atoms with Crippen LogP contribution >= 0.6 is 7.14 Å². The molecule has 0 aliphatic rings. The van der Waals surface area contributed by atoms with E-state index in [1.807, 2.05) is 13.0 Å². The van der Waals surface area contributed by atoms with Gasteiger partial charge in [-0.3, -0.25) is 0 Å². The van der Waals surface area contributed by atoms with Crippen molar-refractivity contribution >= 4 is 7.14 Å². The first-order chi connectivity index (χ1) is 6.68. The number of hydrogen-bond acceptors (Lipinski definition) is 3. The van der Waals surface area contributed by atoms with Crippen molar-refractivity contribution < 1.29 is 4.57 Å². The molecule has 0 bridgehead atoms. The molecule has 1 unspecified atom stereocenters. The van der Waals surface area contributed by atoms with E-state index in [1.54, 1.807) is 0 Å². The average molecular weight is 212 g/mol. The predicted octanol–water partition coefficient (Wildman–Crippen LogP) is 2.98. The van der Waals surface area contributed by atoms with Gasteiger partial charge in [0.25, 0.3) is 0 Å². The molecule has 0 rings (SSSR count). The highest BCUT2D eigenvalue weighted by molar-refractivity contribution is 7.63. The molecule has 0 saturated heterocycles. The molecule has 78 valence electrons. The zero-order valence-electron chi connectivity index (χ0n) is 8.70. The Labute approximate surface area is 86.1 Å². The van der Waals surface area contributed by atoms with E-state index in [2.05, 4.69) is 6.07 Å². The quantitative estimate of drug-likeness (QED) is 0.481. The molecule has 3 nitrogen and oxygen atoms in total. The van der Waals surface area contributed by atoms with Gasteiger partial charge in [-0.05, 0) is 12.8 Å². The van der Waals surface area contributed by atoms with Gasteiger partial charge >= 0.3 is 0 Å². The Kier molecular flexibility index (Phi) is 7.17. The van der Waals surface area contributed by atoms with Crippen LogP contribution in [0.4, 0.5) is 0 Å². The van der Waals surface area contributed by atoms with Gasteiger partial charge in [-0.15, -0.1) is 0 Å². The lowest BCUT2D eigenvalue weighted by Gasteiger charge is -2.15. The molecular weight excluding hydrogens is 195 g/mol. The van der Waals surface area contributed by atoms with Crippen LogP contribution in [-0.4, -0.2) is 18.5 Å². The maximum atomic E-state index is 12.2. The fraction of sp³-hybridized carbons (Fsp3) is 0.800. The molecule has 1 atom stereocenters. The Hall–Kier alpha value is -0.790. The normalized spacial score (nSPS) is 13.9. The van der Waals surface area contributed by atoms with Crippen molar-refractivity contribution in [1.29, 1.82) is 10.5 Å². The second-order valence-corrected chi connectivity index (χ2v) is 6.86. The largest absolute Gasteiger partial charge is 0.324 e. The summed E-state index contributed by atoms with van der Waals surface area (Å²) in [5, 5.41) is 16.8. The highest BCUT2D eigenvalue weighted by Gasteiger charge is 2.19. The maximum Gasteiger partial charge on any atom is 0.0887 e. The minimum Gasteiger partial charge on any atom is -0.324 e. The first-order valence-electron chi connectivity index (χ1n) is 4.99. The van der Waals surface area contributed by atoms with Crippen LogP contribution < -0.4 is 0 Å². The predicted molar refractivity (Wildman–Crippen MR) is 57.6 cm³/mol.